The highest BCUT2D eigenvalue weighted by Crippen LogP contribution is 2.31. The summed E-state index contributed by atoms with van der Waals surface area (Å²) in [4.78, 5) is 10.8. The van der Waals surface area contributed by atoms with Crippen molar-refractivity contribution in [1.29, 1.82) is 0 Å². The molecular weight excluding hydrogens is 318 g/mol. The van der Waals surface area contributed by atoms with Crippen molar-refractivity contribution < 1.29 is 23.1 Å². The number of hydrogen-bond acceptors (Lipinski definition) is 4. The highest BCUT2D eigenvalue weighted by Gasteiger charge is 2.38. The van der Waals surface area contributed by atoms with Gasteiger partial charge in [0.1, 0.15) is 0 Å². The number of aryl methyl sites for hydroxylation is 1. The Morgan fingerprint density at radius 3 is 2.35 bits per heavy atom. The molecule has 1 heterocycles. The van der Waals surface area contributed by atoms with E-state index in [9.17, 15) is 13.2 Å². The van der Waals surface area contributed by atoms with Crippen LogP contribution >= 0.6 is 0 Å². The minimum atomic E-state index is -3.58. The number of hydrogen-bond donors (Lipinski definition) is 1. The van der Waals surface area contributed by atoms with E-state index in [1.54, 1.807) is 31.3 Å². The predicted octanol–water partition coefficient (Wildman–Crippen LogP) is 1.89. The number of carboxylic acid groups (broad SMARTS) is 1. The third-order valence-electron chi connectivity index (χ3n) is 4.54. The normalized spacial score (nSPS) is 18.0. The van der Waals surface area contributed by atoms with Crippen LogP contribution in [0.1, 0.15) is 31.7 Å². The minimum Gasteiger partial charge on any atom is -0.481 e. The maximum absolute atomic E-state index is 12.8. The van der Waals surface area contributed by atoms with E-state index in [1.165, 1.54) is 4.31 Å². The standard InChI is InChI=1S/C16H23NO5S/c1-16(9-11-22-12-10-16)17(2)23(20,21)14-6-3-13(4-7-14)5-8-15(18)19/h3-4,6-7H,5,8-12H2,1-2H3,(H,18,19). The van der Waals surface area contributed by atoms with Crippen LogP contribution in [0.2, 0.25) is 0 Å². The molecule has 0 aliphatic carbocycles. The molecule has 1 N–H and O–H groups in total. The van der Waals surface area contributed by atoms with Crippen molar-refractivity contribution >= 4 is 16.0 Å². The number of carbonyl (C=O) groups is 1. The van der Waals surface area contributed by atoms with Crippen LogP contribution in [0.5, 0.6) is 0 Å². The van der Waals surface area contributed by atoms with Gasteiger partial charge in [0.25, 0.3) is 0 Å². The lowest BCUT2D eigenvalue weighted by atomic mass is 9.93. The number of sulfonamides is 1. The van der Waals surface area contributed by atoms with Crippen LogP contribution in [0.4, 0.5) is 0 Å². The van der Waals surface area contributed by atoms with E-state index < -0.39 is 21.5 Å². The predicted molar refractivity (Wildman–Crippen MR) is 85.8 cm³/mol. The van der Waals surface area contributed by atoms with Gasteiger partial charge in [0.15, 0.2) is 0 Å². The molecule has 23 heavy (non-hydrogen) atoms. The van der Waals surface area contributed by atoms with Crippen molar-refractivity contribution in [1.82, 2.24) is 4.31 Å². The second kappa shape index (κ2) is 6.98. The topological polar surface area (TPSA) is 83.9 Å². The van der Waals surface area contributed by atoms with Crippen LogP contribution in [0.3, 0.4) is 0 Å². The molecule has 7 heteroatoms. The monoisotopic (exact) mass is 341 g/mol. The second-order valence-electron chi connectivity index (χ2n) is 6.12. The third-order valence-corrected chi connectivity index (χ3v) is 6.57. The molecule has 0 unspecified atom stereocenters. The van der Waals surface area contributed by atoms with E-state index in [0.717, 1.165) is 5.56 Å². The fourth-order valence-corrected chi connectivity index (χ4v) is 4.21. The van der Waals surface area contributed by atoms with Crippen molar-refractivity contribution in [3.8, 4) is 0 Å². The lowest BCUT2D eigenvalue weighted by Gasteiger charge is -2.40. The van der Waals surface area contributed by atoms with Gasteiger partial charge in [-0.05, 0) is 43.9 Å². The molecule has 0 aromatic heterocycles. The molecule has 1 aromatic rings. The van der Waals surface area contributed by atoms with Gasteiger partial charge in [-0.2, -0.15) is 4.31 Å². The summed E-state index contributed by atoms with van der Waals surface area (Å²) in [5.41, 5.74) is 0.366. The summed E-state index contributed by atoms with van der Waals surface area (Å²) >= 11 is 0. The van der Waals surface area contributed by atoms with Crippen LogP contribution in [-0.2, 0) is 26.0 Å². The summed E-state index contributed by atoms with van der Waals surface area (Å²) in [6, 6.07) is 6.45. The zero-order chi connectivity index (χ0) is 17.1. The van der Waals surface area contributed by atoms with Crippen molar-refractivity contribution in [2.45, 2.75) is 43.0 Å². The molecule has 1 aromatic carbocycles. The van der Waals surface area contributed by atoms with Crippen LogP contribution in [-0.4, -0.2) is 49.6 Å². The average Bonchev–Trinajstić information content (AvgIpc) is 2.53. The zero-order valence-corrected chi connectivity index (χ0v) is 14.3. The highest BCUT2D eigenvalue weighted by molar-refractivity contribution is 7.89. The largest absolute Gasteiger partial charge is 0.481 e. The zero-order valence-electron chi connectivity index (χ0n) is 13.5. The first kappa shape index (κ1) is 17.9. The number of carboxylic acids is 1. The molecule has 1 fully saturated rings. The molecule has 0 amide bonds. The van der Waals surface area contributed by atoms with Crippen LogP contribution < -0.4 is 0 Å². The molecule has 1 saturated heterocycles. The number of benzene rings is 1. The Kier molecular flexibility index (Phi) is 5.44. The molecule has 128 valence electrons. The number of ether oxygens (including phenoxy) is 1. The molecule has 0 saturated carbocycles. The van der Waals surface area contributed by atoms with E-state index in [-0.39, 0.29) is 11.3 Å². The van der Waals surface area contributed by atoms with Gasteiger partial charge in [-0.25, -0.2) is 8.42 Å². The molecule has 0 atom stereocenters. The lowest BCUT2D eigenvalue weighted by Crippen LogP contribution is -2.50. The van der Waals surface area contributed by atoms with Crippen LogP contribution in [0, 0.1) is 0 Å². The van der Waals surface area contributed by atoms with Gasteiger partial charge in [-0.3, -0.25) is 4.79 Å². The molecule has 6 nitrogen and oxygen atoms in total. The fraction of sp³-hybridized carbons (Fsp3) is 0.562. The summed E-state index contributed by atoms with van der Waals surface area (Å²) in [5.74, 6) is -0.867. The van der Waals surface area contributed by atoms with Gasteiger partial charge in [0, 0.05) is 32.2 Å². The van der Waals surface area contributed by atoms with E-state index in [1.807, 2.05) is 6.92 Å². The Hall–Kier alpha value is -1.44. The van der Waals surface area contributed by atoms with Crippen molar-refractivity contribution in [3.05, 3.63) is 29.8 Å². The fourth-order valence-electron chi connectivity index (χ4n) is 2.65. The van der Waals surface area contributed by atoms with Crippen LogP contribution in [0.25, 0.3) is 0 Å². The molecule has 1 aliphatic heterocycles. The van der Waals surface area contributed by atoms with Crippen LogP contribution in [0.15, 0.2) is 29.2 Å². The molecule has 0 radical (unpaired) electrons. The Balaban J connectivity index is 2.16. The van der Waals surface area contributed by atoms with Gasteiger partial charge in [0.05, 0.1) is 4.90 Å². The molecule has 1 aliphatic rings. The van der Waals surface area contributed by atoms with Gasteiger partial charge >= 0.3 is 5.97 Å². The van der Waals surface area contributed by atoms with E-state index >= 15 is 0 Å². The van der Waals surface area contributed by atoms with Gasteiger partial charge in [0.2, 0.25) is 10.0 Å². The Bertz CT molecular complexity index is 648. The van der Waals surface area contributed by atoms with Crippen molar-refractivity contribution in [2.75, 3.05) is 20.3 Å². The minimum absolute atomic E-state index is 0.0318. The highest BCUT2D eigenvalue weighted by atomic mass is 32.2. The van der Waals surface area contributed by atoms with E-state index in [0.29, 0.717) is 32.5 Å². The third kappa shape index (κ3) is 4.10. The van der Waals surface area contributed by atoms with Gasteiger partial charge < -0.3 is 9.84 Å². The smallest absolute Gasteiger partial charge is 0.303 e. The number of rotatable bonds is 6. The van der Waals surface area contributed by atoms with Gasteiger partial charge in [-0.15, -0.1) is 0 Å². The summed E-state index contributed by atoms with van der Waals surface area (Å²) in [7, 11) is -1.97. The SMILES string of the molecule is CN(C1(C)CCOCC1)S(=O)(=O)c1ccc(CCC(=O)O)cc1. The Labute approximate surface area is 137 Å². The van der Waals surface area contributed by atoms with E-state index in [4.69, 9.17) is 9.84 Å². The Morgan fingerprint density at radius 1 is 1.26 bits per heavy atom. The molecule has 0 bridgehead atoms. The summed E-state index contributed by atoms with van der Waals surface area (Å²) < 4.78 is 32.4. The summed E-state index contributed by atoms with van der Waals surface area (Å²) in [6.07, 6.45) is 1.75. The molecule has 0 spiro atoms. The molecular formula is C16H23NO5S. The average molecular weight is 341 g/mol. The maximum Gasteiger partial charge on any atom is 0.303 e. The summed E-state index contributed by atoms with van der Waals surface area (Å²) in [5, 5.41) is 8.69. The van der Waals surface area contributed by atoms with Crippen molar-refractivity contribution in [3.63, 3.8) is 0 Å². The number of nitrogens with zero attached hydrogens (tertiary/aromatic N) is 1. The first-order valence-corrected chi connectivity index (χ1v) is 9.07. The maximum atomic E-state index is 12.8. The Morgan fingerprint density at radius 2 is 1.83 bits per heavy atom. The van der Waals surface area contributed by atoms with Gasteiger partial charge in [-0.1, -0.05) is 12.1 Å². The molecule has 2 rings (SSSR count). The quantitative estimate of drug-likeness (QED) is 0.854. The second-order valence-corrected chi connectivity index (χ2v) is 8.09. The summed E-state index contributed by atoms with van der Waals surface area (Å²) in [6.45, 7) is 3.06. The first-order chi connectivity index (χ1) is 10.8. The first-order valence-electron chi connectivity index (χ1n) is 7.63. The van der Waals surface area contributed by atoms with E-state index in [2.05, 4.69) is 0 Å². The lowest BCUT2D eigenvalue weighted by molar-refractivity contribution is -0.136. The van der Waals surface area contributed by atoms with Crippen molar-refractivity contribution in [2.24, 2.45) is 0 Å². The number of aliphatic carboxylic acids is 1.